The van der Waals surface area contributed by atoms with E-state index in [1.807, 2.05) is 18.2 Å². The lowest BCUT2D eigenvalue weighted by Gasteiger charge is -2.32. The first kappa shape index (κ1) is 21.4. The smallest absolute Gasteiger partial charge is 0.226 e. The summed E-state index contributed by atoms with van der Waals surface area (Å²) < 4.78 is 13.4. The van der Waals surface area contributed by atoms with Gasteiger partial charge >= 0.3 is 0 Å². The van der Waals surface area contributed by atoms with Crippen LogP contribution in [-0.2, 0) is 6.42 Å². The first-order valence-corrected chi connectivity index (χ1v) is 10.9. The topological polar surface area (TPSA) is 69.2 Å². The lowest BCUT2D eigenvalue weighted by atomic mass is 10.1. The van der Waals surface area contributed by atoms with Crippen LogP contribution in [0.2, 0.25) is 0 Å². The molecule has 0 bridgehead atoms. The molecule has 1 fully saturated rings. The van der Waals surface area contributed by atoms with Crippen LogP contribution in [0.5, 0.6) is 0 Å². The average Bonchev–Trinajstić information content (AvgIpc) is 2.78. The van der Waals surface area contributed by atoms with Crippen LogP contribution in [-0.4, -0.2) is 77.6 Å². The van der Waals surface area contributed by atoms with E-state index in [9.17, 15) is 4.39 Å². The molecular weight excluding hydrogens is 393 g/mol. The van der Waals surface area contributed by atoms with E-state index in [0.717, 1.165) is 62.5 Å². The highest BCUT2D eigenvalue weighted by Gasteiger charge is 2.13. The molecular formula is C23H30FN7. The van der Waals surface area contributed by atoms with Crippen molar-refractivity contribution in [3.05, 3.63) is 54.0 Å². The molecule has 2 N–H and O–H groups in total. The third kappa shape index (κ3) is 6.08. The number of rotatable bonds is 9. The van der Waals surface area contributed by atoms with E-state index in [4.69, 9.17) is 0 Å². The van der Waals surface area contributed by atoms with E-state index in [0.29, 0.717) is 24.6 Å². The van der Waals surface area contributed by atoms with E-state index < -0.39 is 0 Å². The summed E-state index contributed by atoms with van der Waals surface area (Å²) in [5, 5.41) is 7.61. The number of fused-ring (bicyclic) bond motifs is 1. The molecule has 0 spiro atoms. The van der Waals surface area contributed by atoms with Gasteiger partial charge in [-0.15, -0.1) is 0 Å². The molecule has 0 amide bonds. The molecule has 0 aliphatic carbocycles. The normalized spacial score (nSPS) is 15.3. The molecule has 4 rings (SSSR count). The number of aromatic nitrogens is 3. The molecule has 0 saturated carbocycles. The van der Waals surface area contributed by atoms with Crippen molar-refractivity contribution >= 4 is 22.8 Å². The fraction of sp³-hybridized carbons (Fsp3) is 0.435. The molecule has 3 heterocycles. The van der Waals surface area contributed by atoms with Gasteiger partial charge < -0.3 is 20.4 Å². The molecule has 1 saturated heterocycles. The van der Waals surface area contributed by atoms with Crippen LogP contribution in [0, 0.1) is 5.82 Å². The second kappa shape index (κ2) is 10.5. The molecule has 1 aromatic carbocycles. The second-order valence-corrected chi connectivity index (χ2v) is 8.00. The Morgan fingerprint density at radius 3 is 2.71 bits per heavy atom. The Bertz CT molecular complexity index is 989. The first-order chi connectivity index (χ1) is 15.2. The van der Waals surface area contributed by atoms with Crippen molar-refractivity contribution in [3.63, 3.8) is 0 Å². The lowest BCUT2D eigenvalue weighted by Crippen LogP contribution is -2.44. The van der Waals surface area contributed by atoms with Crippen LogP contribution < -0.4 is 10.6 Å². The van der Waals surface area contributed by atoms with Crippen molar-refractivity contribution in [3.8, 4) is 0 Å². The van der Waals surface area contributed by atoms with Gasteiger partial charge in [-0.25, -0.2) is 9.37 Å². The number of piperazine rings is 1. The monoisotopic (exact) mass is 423 g/mol. The Kier molecular flexibility index (Phi) is 7.22. The molecule has 31 heavy (non-hydrogen) atoms. The summed E-state index contributed by atoms with van der Waals surface area (Å²) in [4.78, 5) is 18.5. The van der Waals surface area contributed by atoms with E-state index in [-0.39, 0.29) is 5.82 Å². The van der Waals surface area contributed by atoms with Crippen molar-refractivity contribution in [2.75, 3.05) is 63.5 Å². The van der Waals surface area contributed by atoms with Crippen molar-refractivity contribution in [2.45, 2.75) is 12.8 Å². The highest BCUT2D eigenvalue weighted by atomic mass is 19.1. The van der Waals surface area contributed by atoms with Gasteiger partial charge in [0.1, 0.15) is 11.6 Å². The van der Waals surface area contributed by atoms with Crippen LogP contribution in [0.3, 0.4) is 0 Å². The number of hydrogen-bond acceptors (Lipinski definition) is 7. The fourth-order valence-corrected chi connectivity index (χ4v) is 3.77. The Balaban J connectivity index is 1.34. The van der Waals surface area contributed by atoms with Gasteiger partial charge in [0, 0.05) is 45.5 Å². The number of anilines is 2. The van der Waals surface area contributed by atoms with Crippen LogP contribution in [0.1, 0.15) is 12.0 Å². The van der Waals surface area contributed by atoms with Gasteiger partial charge in [-0.1, -0.05) is 12.1 Å². The number of likely N-dealkylation sites (N-methyl/N-ethyl adjacent to an activating group) is 1. The summed E-state index contributed by atoms with van der Waals surface area (Å²) in [7, 11) is 2.17. The lowest BCUT2D eigenvalue weighted by molar-refractivity contribution is 0.154. The number of benzene rings is 1. The highest BCUT2D eigenvalue weighted by molar-refractivity contribution is 5.87. The standard InChI is InChI=1S/C23H30FN7/c1-30-13-15-31(16-14-30)12-4-10-27-23-28-21-20(7-3-9-25-21)22(29-23)26-11-8-18-5-2-6-19(24)17-18/h2-3,5-7,9,17H,4,8,10-16H2,1H3,(H2,25,26,27,28,29). The Hall–Kier alpha value is -2.84. The molecule has 1 aliphatic rings. The molecule has 0 radical (unpaired) electrons. The Labute approximate surface area is 182 Å². The summed E-state index contributed by atoms with van der Waals surface area (Å²) in [6.07, 6.45) is 3.48. The van der Waals surface area contributed by atoms with Gasteiger partial charge in [0.05, 0.1) is 5.39 Å². The van der Waals surface area contributed by atoms with E-state index in [1.165, 1.54) is 6.07 Å². The number of nitrogens with zero attached hydrogens (tertiary/aromatic N) is 5. The van der Waals surface area contributed by atoms with E-state index in [2.05, 4.69) is 42.4 Å². The third-order valence-electron chi connectivity index (χ3n) is 5.60. The van der Waals surface area contributed by atoms with Gasteiger partial charge in [-0.05, 0) is 56.3 Å². The Morgan fingerprint density at radius 2 is 1.87 bits per heavy atom. The molecule has 2 aromatic heterocycles. The number of halogens is 1. The first-order valence-electron chi connectivity index (χ1n) is 10.9. The second-order valence-electron chi connectivity index (χ2n) is 8.00. The third-order valence-corrected chi connectivity index (χ3v) is 5.60. The van der Waals surface area contributed by atoms with Crippen LogP contribution in [0.25, 0.3) is 11.0 Å². The zero-order valence-corrected chi connectivity index (χ0v) is 18.0. The minimum atomic E-state index is -0.211. The number of hydrogen-bond donors (Lipinski definition) is 2. The molecule has 3 aromatic rings. The SMILES string of the molecule is CN1CCN(CCCNc2nc(NCCc3cccc(F)c3)c3cccnc3n2)CC1. The average molecular weight is 424 g/mol. The minimum Gasteiger partial charge on any atom is -0.369 e. The molecule has 0 atom stereocenters. The quantitative estimate of drug-likeness (QED) is 0.513. The highest BCUT2D eigenvalue weighted by Crippen LogP contribution is 2.20. The van der Waals surface area contributed by atoms with E-state index >= 15 is 0 Å². The maximum absolute atomic E-state index is 13.4. The largest absolute Gasteiger partial charge is 0.369 e. The summed E-state index contributed by atoms with van der Waals surface area (Å²) >= 11 is 0. The maximum atomic E-state index is 13.4. The summed E-state index contributed by atoms with van der Waals surface area (Å²) in [6, 6.07) is 10.5. The zero-order chi connectivity index (χ0) is 21.5. The molecule has 164 valence electrons. The van der Waals surface area contributed by atoms with E-state index in [1.54, 1.807) is 18.3 Å². The molecule has 7 nitrogen and oxygen atoms in total. The maximum Gasteiger partial charge on any atom is 0.226 e. The van der Waals surface area contributed by atoms with Gasteiger partial charge in [-0.3, -0.25) is 0 Å². The number of pyridine rings is 1. The van der Waals surface area contributed by atoms with Crippen LogP contribution in [0.4, 0.5) is 16.2 Å². The van der Waals surface area contributed by atoms with Gasteiger partial charge in [0.15, 0.2) is 5.65 Å². The van der Waals surface area contributed by atoms with Crippen molar-refractivity contribution in [1.29, 1.82) is 0 Å². The van der Waals surface area contributed by atoms with Gasteiger partial charge in [0.2, 0.25) is 5.95 Å². The Morgan fingerprint density at radius 1 is 1.00 bits per heavy atom. The summed E-state index contributed by atoms with van der Waals surface area (Å²) in [5.74, 6) is 1.12. The molecule has 8 heteroatoms. The van der Waals surface area contributed by atoms with Crippen molar-refractivity contribution in [1.82, 2.24) is 24.8 Å². The fourth-order valence-electron chi connectivity index (χ4n) is 3.77. The van der Waals surface area contributed by atoms with Gasteiger partial charge in [0.25, 0.3) is 0 Å². The van der Waals surface area contributed by atoms with Crippen molar-refractivity contribution in [2.24, 2.45) is 0 Å². The number of nitrogens with one attached hydrogen (secondary N) is 2. The van der Waals surface area contributed by atoms with Gasteiger partial charge in [-0.2, -0.15) is 9.97 Å². The molecule has 0 unspecified atom stereocenters. The summed E-state index contributed by atoms with van der Waals surface area (Å²) in [6.45, 7) is 7.07. The zero-order valence-electron chi connectivity index (χ0n) is 18.0. The molecule has 1 aliphatic heterocycles. The summed E-state index contributed by atoms with van der Waals surface area (Å²) in [5.41, 5.74) is 1.61. The van der Waals surface area contributed by atoms with Crippen LogP contribution >= 0.6 is 0 Å². The van der Waals surface area contributed by atoms with Crippen LogP contribution in [0.15, 0.2) is 42.6 Å². The predicted octanol–water partition coefficient (Wildman–Crippen LogP) is 2.87. The minimum absolute atomic E-state index is 0.211. The van der Waals surface area contributed by atoms with Crippen molar-refractivity contribution < 1.29 is 4.39 Å². The predicted molar refractivity (Wildman–Crippen MR) is 123 cm³/mol.